The van der Waals surface area contributed by atoms with Crippen molar-refractivity contribution in [2.45, 2.75) is 19.4 Å². The van der Waals surface area contributed by atoms with E-state index in [0.29, 0.717) is 0 Å². The maximum absolute atomic E-state index is 11.9. The molecule has 5 heteroatoms. The lowest BCUT2D eigenvalue weighted by Crippen LogP contribution is -2.48. The average molecular weight is 249 g/mol. The van der Waals surface area contributed by atoms with Gasteiger partial charge >= 0.3 is 12.1 Å². The van der Waals surface area contributed by atoms with Crippen molar-refractivity contribution in [3.05, 3.63) is 35.9 Å². The maximum atomic E-state index is 11.9. The third-order valence-electron chi connectivity index (χ3n) is 2.95. The van der Waals surface area contributed by atoms with Gasteiger partial charge in [-0.05, 0) is 18.9 Å². The molecule has 1 aromatic carbocycles. The molecule has 0 aliphatic heterocycles. The molecule has 0 radical (unpaired) electrons. The van der Waals surface area contributed by atoms with E-state index >= 15 is 0 Å². The number of imide groups is 1. The molecule has 2 N–H and O–H groups in total. The van der Waals surface area contributed by atoms with Crippen molar-refractivity contribution < 1.29 is 9.59 Å². The molecule has 98 valence electrons. The number of nitrogens with zero attached hydrogens (tertiary/aromatic N) is 2. The quantitative estimate of drug-likeness (QED) is 0.885. The normalized spacial score (nSPS) is 11.7. The number of rotatable bonds is 3. The lowest BCUT2D eigenvalue weighted by atomic mass is 10.1. The van der Waals surface area contributed by atoms with Gasteiger partial charge in [-0.2, -0.15) is 0 Å². The van der Waals surface area contributed by atoms with Gasteiger partial charge in [0.1, 0.15) is 0 Å². The van der Waals surface area contributed by atoms with Crippen LogP contribution in [0, 0.1) is 0 Å². The number of primary amides is 1. The van der Waals surface area contributed by atoms with Crippen molar-refractivity contribution in [1.82, 2.24) is 9.80 Å². The summed E-state index contributed by atoms with van der Waals surface area (Å²) in [5.74, 6) is 0. The number of urea groups is 2. The van der Waals surface area contributed by atoms with Crippen LogP contribution in [0.4, 0.5) is 9.59 Å². The molecule has 0 aromatic heterocycles. The number of nitrogens with two attached hydrogens (primary N) is 1. The lowest BCUT2D eigenvalue weighted by molar-refractivity contribution is 0.162. The van der Waals surface area contributed by atoms with Gasteiger partial charge in [-0.3, -0.25) is 0 Å². The number of likely N-dealkylation sites (N-methyl/N-ethyl adjacent to an activating group) is 1. The summed E-state index contributed by atoms with van der Waals surface area (Å²) in [4.78, 5) is 25.2. The van der Waals surface area contributed by atoms with Crippen molar-refractivity contribution >= 4 is 12.1 Å². The number of hydrogen-bond donors (Lipinski definition) is 1. The summed E-state index contributed by atoms with van der Waals surface area (Å²) in [6.45, 7) is 1.93. The third kappa shape index (κ3) is 3.48. The molecular weight excluding hydrogens is 230 g/mol. The molecule has 0 aliphatic rings. The zero-order valence-electron chi connectivity index (χ0n) is 11.0. The molecule has 0 bridgehead atoms. The molecule has 4 amide bonds. The van der Waals surface area contributed by atoms with E-state index in [2.05, 4.69) is 0 Å². The molecule has 0 heterocycles. The van der Waals surface area contributed by atoms with Gasteiger partial charge in [-0.25, -0.2) is 14.5 Å². The Hall–Kier alpha value is -2.04. The number of carbonyl (C=O) groups is 2. The standard InChI is InChI=1S/C13H19N3O2/c1-10(9-11-7-5-4-6-8-11)15(2)13(18)16(3)12(14)17/h4-8,10H,9H2,1-3H3,(H2,14,17). The topological polar surface area (TPSA) is 66.6 Å². The van der Waals surface area contributed by atoms with E-state index in [1.165, 1.54) is 11.9 Å². The van der Waals surface area contributed by atoms with Crippen LogP contribution in [0.2, 0.25) is 0 Å². The Labute approximate surface area is 107 Å². The summed E-state index contributed by atoms with van der Waals surface area (Å²) in [5.41, 5.74) is 6.21. The minimum atomic E-state index is -0.751. The van der Waals surface area contributed by atoms with Crippen LogP contribution >= 0.6 is 0 Å². The second-order valence-electron chi connectivity index (χ2n) is 4.33. The molecule has 1 atom stereocenters. The summed E-state index contributed by atoms with van der Waals surface area (Å²) in [5, 5.41) is 0. The molecule has 0 spiro atoms. The molecule has 0 aliphatic carbocycles. The van der Waals surface area contributed by atoms with Gasteiger partial charge in [0.25, 0.3) is 0 Å². The fourth-order valence-corrected chi connectivity index (χ4v) is 1.61. The summed E-state index contributed by atoms with van der Waals surface area (Å²) >= 11 is 0. The van der Waals surface area contributed by atoms with Gasteiger partial charge in [0, 0.05) is 20.1 Å². The van der Waals surface area contributed by atoms with Crippen molar-refractivity contribution in [2.24, 2.45) is 5.73 Å². The molecule has 1 unspecified atom stereocenters. The number of benzene rings is 1. The predicted molar refractivity (Wildman–Crippen MR) is 70.1 cm³/mol. The van der Waals surface area contributed by atoms with Crippen molar-refractivity contribution in [2.75, 3.05) is 14.1 Å². The lowest BCUT2D eigenvalue weighted by Gasteiger charge is -2.28. The van der Waals surface area contributed by atoms with Crippen molar-refractivity contribution in [3.8, 4) is 0 Å². The second-order valence-corrected chi connectivity index (χ2v) is 4.33. The van der Waals surface area contributed by atoms with Crippen LogP contribution in [0.15, 0.2) is 30.3 Å². The van der Waals surface area contributed by atoms with Crippen LogP contribution < -0.4 is 5.73 Å². The van der Waals surface area contributed by atoms with Gasteiger partial charge < -0.3 is 10.6 Å². The predicted octanol–water partition coefficient (Wildman–Crippen LogP) is 1.68. The van der Waals surface area contributed by atoms with Crippen LogP contribution in [0.1, 0.15) is 12.5 Å². The fourth-order valence-electron chi connectivity index (χ4n) is 1.61. The molecule has 5 nitrogen and oxygen atoms in total. The van der Waals surface area contributed by atoms with Gasteiger partial charge in [0.05, 0.1) is 0 Å². The second kappa shape index (κ2) is 6.05. The Morgan fingerprint density at radius 3 is 2.28 bits per heavy atom. The summed E-state index contributed by atoms with van der Waals surface area (Å²) < 4.78 is 0. The number of hydrogen-bond acceptors (Lipinski definition) is 2. The highest BCUT2D eigenvalue weighted by atomic mass is 16.2. The molecule has 1 aromatic rings. The van der Waals surface area contributed by atoms with Gasteiger partial charge in [-0.15, -0.1) is 0 Å². The first-order valence-corrected chi connectivity index (χ1v) is 5.77. The van der Waals surface area contributed by atoms with Crippen LogP contribution in [-0.2, 0) is 6.42 Å². The monoisotopic (exact) mass is 249 g/mol. The van der Waals surface area contributed by atoms with Crippen LogP contribution in [0.3, 0.4) is 0 Å². The van der Waals surface area contributed by atoms with E-state index in [9.17, 15) is 9.59 Å². The Bertz CT molecular complexity index is 420. The average Bonchev–Trinajstić information content (AvgIpc) is 2.37. The number of carbonyl (C=O) groups excluding carboxylic acids is 2. The van der Waals surface area contributed by atoms with Crippen molar-refractivity contribution in [3.63, 3.8) is 0 Å². The summed E-state index contributed by atoms with van der Waals surface area (Å²) in [6.07, 6.45) is 0.732. The van der Waals surface area contributed by atoms with Gasteiger partial charge in [0.2, 0.25) is 0 Å². The van der Waals surface area contributed by atoms with E-state index < -0.39 is 12.1 Å². The highest BCUT2D eigenvalue weighted by Crippen LogP contribution is 2.08. The number of amides is 4. The SMILES string of the molecule is CC(Cc1ccccc1)N(C)C(=O)N(C)C(N)=O. The summed E-state index contributed by atoms with van der Waals surface area (Å²) in [6, 6.07) is 8.72. The van der Waals surface area contributed by atoms with Crippen molar-refractivity contribution in [1.29, 1.82) is 0 Å². The van der Waals surface area contributed by atoms with E-state index in [1.54, 1.807) is 7.05 Å². The first-order chi connectivity index (χ1) is 8.43. The molecule has 18 heavy (non-hydrogen) atoms. The maximum Gasteiger partial charge on any atom is 0.327 e. The minimum Gasteiger partial charge on any atom is -0.351 e. The minimum absolute atomic E-state index is 0.0123. The first-order valence-electron chi connectivity index (χ1n) is 5.77. The fraction of sp³-hybridized carbons (Fsp3) is 0.385. The Morgan fingerprint density at radius 2 is 1.78 bits per heavy atom. The summed E-state index contributed by atoms with van der Waals surface area (Å²) in [7, 11) is 3.03. The van der Waals surface area contributed by atoms with Crippen LogP contribution in [-0.4, -0.2) is 42.0 Å². The largest absolute Gasteiger partial charge is 0.351 e. The zero-order valence-corrected chi connectivity index (χ0v) is 11.0. The highest BCUT2D eigenvalue weighted by molar-refractivity contribution is 5.92. The van der Waals surface area contributed by atoms with Crippen LogP contribution in [0.5, 0.6) is 0 Å². The Morgan fingerprint density at radius 1 is 1.22 bits per heavy atom. The van der Waals surface area contributed by atoms with E-state index in [1.807, 2.05) is 37.3 Å². The zero-order chi connectivity index (χ0) is 13.7. The third-order valence-corrected chi connectivity index (χ3v) is 2.95. The first kappa shape index (κ1) is 14.0. The molecule has 0 saturated heterocycles. The van der Waals surface area contributed by atoms with E-state index in [4.69, 9.17) is 5.73 Å². The highest BCUT2D eigenvalue weighted by Gasteiger charge is 2.22. The van der Waals surface area contributed by atoms with Gasteiger partial charge in [-0.1, -0.05) is 30.3 Å². The van der Waals surface area contributed by atoms with Gasteiger partial charge in [0.15, 0.2) is 0 Å². The van der Waals surface area contributed by atoms with E-state index in [0.717, 1.165) is 16.9 Å². The smallest absolute Gasteiger partial charge is 0.327 e. The Kier molecular flexibility index (Phi) is 4.71. The van der Waals surface area contributed by atoms with E-state index in [-0.39, 0.29) is 6.04 Å². The van der Waals surface area contributed by atoms with Crippen LogP contribution in [0.25, 0.3) is 0 Å². The molecule has 0 saturated carbocycles. The molecule has 0 fully saturated rings. The Balaban J connectivity index is 2.64. The molecular formula is C13H19N3O2. The molecule has 1 rings (SSSR count).